The molecule has 0 bridgehead atoms. The minimum absolute atomic E-state index is 0.00520. The highest BCUT2D eigenvalue weighted by molar-refractivity contribution is 7.99. The smallest absolute Gasteiger partial charge is 0.262 e. The van der Waals surface area contributed by atoms with Crippen LogP contribution in [0.4, 0.5) is 0 Å². The molecule has 0 radical (unpaired) electrons. The highest BCUT2D eigenvalue weighted by Crippen LogP contribution is 2.34. The fourth-order valence-electron chi connectivity index (χ4n) is 4.46. The average Bonchev–Trinajstić information content (AvgIpc) is 3.44. The number of rotatable bonds is 5. The van der Waals surface area contributed by atoms with E-state index in [0.29, 0.717) is 22.3 Å². The predicted octanol–water partition coefficient (Wildman–Crippen LogP) is 4.55. The predicted molar refractivity (Wildman–Crippen MR) is 127 cm³/mol. The van der Waals surface area contributed by atoms with Gasteiger partial charge in [0.05, 0.1) is 11.1 Å². The first kappa shape index (κ1) is 21.2. The maximum atomic E-state index is 13.1. The Kier molecular flexibility index (Phi) is 5.33. The molecule has 1 aliphatic carbocycles. The lowest BCUT2D eigenvalue weighted by molar-refractivity contribution is 0.102. The van der Waals surface area contributed by atoms with Gasteiger partial charge in [-0.25, -0.2) is 4.98 Å². The van der Waals surface area contributed by atoms with E-state index in [9.17, 15) is 9.59 Å². The molecule has 0 spiro atoms. The number of aromatic nitrogens is 4. The number of ketones is 1. The Morgan fingerprint density at radius 1 is 1.22 bits per heavy atom. The third kappa shape index (κ3) is 3.44. The summed E-state index contributed by atoms with van der Waals surface area (Å²) in [7, 11) is 1.74. The highest BCUT2D eigenvalue weighted by atomic mass is 32.2. The number of hydrogen-bond donors (Lipinski definition) is 0. The summed E-state index contributed by atoms with van der Waals surface area (Å²) >= 11 is 2.95. The Balaban J connectivity index is 1.42. The van der Waals surface area contributed by atoms with E-state index in [1.165, 1.54) is 28.6 Å². The van der Waals surface area contributed by atoms with Gasteiger partial charge in [-0.1, -0.05) is 16.9 Å². The zero-order valence-electron chi connectivity index (χ0n) is 18.5. The van der Waals surface area contributed by atoms with Gasteiger partial charge in [-0.15, -0.1) is 11.3 Å². The molecule has 0 aliphatic heterocycles. The Bertz CT molecular complexity index is 1420. The first-order valence-electron chi connectivity index (χ1n) is 10.6. The number of thiophene rings is 1. The summed E-state index contributed by atoms with van der Waals surface area (Å²) < 4.78 is 8.70. The van der Waals surface area contributed by atoms with Crippen molar-refractivity contribution in [1.29, 1.82) is 0 Å². The summed E-state index contributed by atoms with van der Waals surface area (Å²) in [6, 6.07) is 3.73. The van der Waals surface area contributed by atoms with Crippen molar-refractivity contribution in [1.82, 2.24) is 19.3 Å². The summed E-state index contributed by atoms with van der Waals surface area (Å²) in [4.78, 5) is 33.0. The van der Waals surface area contributed by atoms with Crippen molar-refractivity contribution in [3.05, 3.63) is 55.6 Å². The van der Waals surface area contributed by atoms with E-state index in [1.807, 2.05) is 37.5 Å². The lowest BCUT2D eigenvalue weighted by Gasteiger charge is -2.10. The number of fused-ring (bicyclic) bond motifs is 3. The molecule has 1 aliphatic rings. The van der Waals surface area contributed by atoms with Crippen LogP contribution in [0.1, 0.15) is 50.8 Å². The molecule has 4 aromatic rings. The molecule has 32 heavy (non-hydrogen) atoms. The van der Waals surface area contributed by atoms with Crippen LogP contribution >= 0.6 is 23.1 Å². The zero-order chi connectivity index (χ0) is 22.6. The molecule has 0 atom stereocenters. The van der Waals surface area contributed by atoms with Crippen molar-refractivity contribution in [2.45, 2.75) is 51.6 Å². The molecule has 166 valence electrons. The van der Waals surface area contributed by atoms with E-state index in [2.05, 4.69) is 5.16 Å². The van der Waals surface area contributed by atoms with Crippen LogP contribution in [0.5, 0.6) is 0 Å². The van der Waals surface area contributed by atoms with Gasteiger partial charge in [0.1, 0.15) is 10.6 Å². The van der Waals surface area contributed by atoms with Crippen molar-refractivity contribution in [2.75, 3.05) is 5.75 Å². The van der Waals surface area contributed by atoms with Crippen molar-refractivity contribution >= 4 is 39.1 Å². The number of aryl methyl sites for hydroxylation is 4. The molecule has 0 saturated heterocycles. The SMILES string of the molecule is Cc1cc(-n2c(C)cc(C(=O)CSc3nc4sc5c(c4c(=O)n3C)CCCC5)c2C)no1. The largest absolute Gasteiger partial charge is 0.360 e. The summed E-state index contributed by atoms with van der Waals surface area (Å²) in [5.74, 6) is 1.59. The summed E-state index contributed by atoms with van der Waals surface area (Å²) in [5.41, 5.74) is 3.56. The molecular weight excluding hydrogens is 444 g/mol. The number of hydrogen-bond acceptors (Lipinski definition) is 7. The van der Waals surface area contributed by atoms with Crippen molar-refractivity contribution in [3.63, 3.8) is 0 Å². The minimum atomic E-state index is -0.0103. The second-order valence-electron chi connectivity index (χ2n) is 8.28. The average molecular weight is 469 g/mol. The molecule has 0 amide bonds. The van der Waals surface area contributed by atoms with Crippen LogP contribution in [0.15, 0.2) is 26.6 Å². The highest BCUT2D eigenvalue weighted by Gasteiger charge is 2.23. The molecule has 4 aromatic heterocycles. The third-order valence-electron chi connectivity index (χ3n) is 6.06. The van der Waals surface area contributed by atoms with Crippen LogP contribution < -0.4 is 5.56 Å². The Morgan fingerprint density at radius 2 is 2.00 bits per heavy atom. The Labute approximate surface area is 193 Å². The fourth-order valence-corrected chi connectivity index (χ4v) is 6.62. The van der Waals surface area contributed by atoms with Crippen molar-refractivity contribution in [2.24, 2.45) is 7.05 Å². The number of thioether (sulfide) groups is 1. The zero-order valence-corrected chi connectivity index (χ0v) is 20.2. The van der Waals surface area contributed by atoms with E-state index < -0.39 is 0 Å². The van der Waals surface area contributed by atoms with Crippen LogP contribution in [-0.4, -0.2) is 30.8 Å². The van der Waals surface area contributed by atoms with E-state index in [0.717, 1.165) is 40.9 Å². The topological polar surface area (TPSA) is 82.9 Å². The molecule has 7 nitrogen and oxygen atoms in total. The van der Waals surface area contributed by atoms with Gasteiger partial charge in [-0.2, -0.15) is 0 Å². The van der Waals surface area contributed by atoms with Gasteiger partial charge < -0.3 is 4.52 Å². The summed E-state index contributed by atoms with van der Waals surface area (Å²) in [6.07, 6.45) is 4.28. The van der Waals surface area contributed by atoms with Crippen molar-refractivity contribution in [3.8, 4) is 5.82 Å². The molecule has 0 saturated carbocycles. The van der Waals surface area contributed by atoms with Crippen molar-refractivity contribution < 1.29 is 9.32 Å². The first-order valence-corrected chi connectivity index (χ1v) is 12.4. The van der Waals surface area contributed by atoms with Gasteiger partial charge >= 0.3 is 0 Å². The maximum Gasteiger partial charge on any atom is 0.262 e. The normalized spacial score (nSPS) is 13.6. The molecule has 0 aromatic carbocycles. The minimum Gasteiger partial charge on any atom is -0.360 e. The lowest BCUT2D eigenvalue weighted by atomic mass is 9.97. The fraction of sp³-hybridized carbons (Fsp3) is 0.391. The standard InChI is InChI=1S/C23H24N4O3S2/c1-12-9-16(14(3)27(12)19-10-13(2)30-25-19)17(28)11-31-23-24-21-20(22(29)26(23)4)15-7-5-6-8-18(15)32-21/h9-10H,5-8,11H2,1-4H3. The summed E-state index contributed by atoms with van der Waals surface area (Å²) in [6.45, 7) is 5.69. The van der Waals surface area contributed by atoms with Gasteiger partial charge in [0.15, 0.2) is 16.8 Å². The number of carbonyl (C=O) groups excluding carboxylic acids is 1. The molecule has 0 unspecified atom stereocenters. The van der Waals surface area contributed by atoms with E-state index in [1.54, 1.807) is 23.0 Å². The molecule has 5 rings (SSSR count). The van der Waals surface area contributed by atoms with Gasteiger partial charge in [0.2, 0.25) is 0 Å². The van der Waals surface area contributed by atoms with Crippen LogP contribution in [0.3, 0.4) is 0 Å². The molecule has 0 N–H and O–H groups in total. The number of nitrogens with zero attached hydrogens (tertiary/aromatic N) is 4. The van der Waals surface area contributed by atoms with Crippen LogP contribution in [0, 0.1) is 20.8 Å². The van der Waals surface area contributed by atoms with E-state index >= 15 is 0 Å². The molecular formula is C23H24N4O3S2. The number of carbonyl (C=O) groups is 1. The monoisotopic (exact) mass is 468 g/mol. The molecule has 0 fully saturated rings. The van der Waals surface area contributed by atoms with Crippen LogP contribution in [-0.2, 0) is 19.9 Å². The quantitative estimate of drug-likeness (QED) is 0.243. The maximum absolute atomic E-state index is 13.1. The summed E-state index contributed by atoms with van der Waals surface area (Å²) in [5, 5.41) is 5.43. The van der Waals surface area contributed by atoms with E-state index in [4.69, 9.17) is 9.51 Å². The third-order valence-corrected chi connectivity index (χ3v) is 8.28. The van der Waals surface area contributed by atoms with Gasteiger partial charge in [0.25, 0.3) is 5.56 Å². The van der Waals surface area contributed by atoms with Gasteiger partial charge in [0, 0.05) is 34.9 Å². The van der Waals surface area contributed by atoms with Gasteiger partial charge in [-0.3, -0.25) is 18.7 Å². The molecule has 4 heterocycles. The lowest BCUT2D eigenvalue weighted by Crippen LogP contribution is -2.21. The van der Waals surface area contributed by atoms with E-state index in [-0.39, 0.29) is 17.1 Å². The number of Topliss-reactive ketones (excluding diaryl/α,β-unsaturated/α-hetero) is 1. The van der Waals surface area contributed by atoms with Gasteiger partial charge in [-0.05, 0) is 58.1 Å². The Hall–Kier alpha value is -2.65. The second-order valence-corrected chi connectivity index (χ2v) is 10.3. The first-order chi connectivity index (χ1) is 15.3. The Morgan fingerprint density at radius 3 is 2.75 bits per heavy atom. The molecule has 9 heteroatoms. The second kappa shape index (κ2) is 8.04. The van der Waals surface area contributed by atoms with Crippen LogP contribution in [0.2, 0.25) is 0 Å². The van der Waals surface area contributed by atoms with Crippen LogP contribution in [0.25, 0.3) is 16.0 Å².